The Kier molecular flexibility index (Phi) is 8.42. The van der Waals surface area contributed by atoms with Gasteiger partial charge in [-0.25, -0.2) is 13.1 Å². The molecule has 1 spiro atoms. The third-order valence-corrected chi connectivity index (χ3v) is 13.2. The molecule has 2 bridgehead atoms. The number of aliphatic hydroxyl groups excluding tert-OH is 1. The molecule has 3 heterocycles. The van der Waals surface area contributed by atoms with Crippen LogP contribution >= 0.6 is 11.6 Å². The van der Waals surface area contributed by atoms with Gasteiger partial charge in [0.1, 0.15) is 5.75 Å². The number of nitrogens with one attached hydrogen (secondary N) is 1. The van der Waals surface area contributed by atoms with E-state index in [0.717, 1.165) is 49.2 Å². The van der Waals surface area contributed by atoms with Crippen molar-refractivity contribution in [3.8, 4) is 5.75 Å². The van der Waals surface area contributed by atoms with Gasteiger partial charge in [0.2, 0.25) is 10.0 Å². The molecule has 1 saturated heterocycles. The molecule has 10 heteroatoms. The molecule has 1 amide bonds. The second-order valence-electron chi connectivity index (χ2n) is 14.0. The van der Waals surface area contributed by atoms with Crippen molar-refractivity contribution in [2.24, 2.45) is 17.8 Å². The number of sulfonamides is 1. The highest BCUT2D eigenvalue weighted by Gasteiger charge is 2.44. The number of ether oxygens (including phenoxy) is 2. The van der Waals surface area contributed by atoms with Crippen LogP contribution in [0.15, 0.2) is 48.6 Å². The van der Waals surface area contributed by atoms with Crippen molar-refractivity contribution in [1.82, 2.24) is 4.72 Å². The second kappa shape index (κ2) is 12.2. The van der Waals surface area contributed by atoms with Crippen LogP contribution in [0.2, 0.25) is 5.02 Å². The number of hydrogen-bond donors (Lipinski definition) is 2. The predicted molar refractivity (Wildman–Crippen MR) is 175 cm³/mol. The van der Waals surface area contributed by atoms with Crippen molar-refractivity contribution < 1.29 is 27.8 Å². The van der Waals surface area contributed by atoms with Gasteiger partial charge in [-0.15, -0.1) is 0 Å². The van der Waals surface area contributed by atoms with E-state index in [9.17, 15) is 18.3 Å². The Balaban J connectivity index is 1.27. The summed E-state index contributed by atoms with van der Waals surface area (Å²) in [6.07, 6.45) is 9.55. The number of allylic oxidation sites excluding steroid dienone is 1. The summed E-state index contributed by atoms with van der Waals surface area (Å²) in [5, 5.41) is 11.2. The highest BCUT2D eigenvalue weighted by molar-refractivity contribution is 7.90. The van der Waals surface area contributed by atoms with Gasteiger partial charge in [0.25, 0.3) is 5.91 Å². The summed E-state index contributed by atoms with van der Waals surface area (Å²) in [6, 6.07) is 11.4. The van der Waals surface area contributed by atoms with E-state index in [-0.39, 0.29) is 34.8 Å². The van der Waals surface area contributed by atoms with E-state index in [2.05, 4.69) is 21.8 Å². The maximum Gasteiger partial charge on any atom is 0.264 e. The number of aliphatic hydroxyl groups is 1. The smallest absolute Gasteiger partial charge is 0.264 e. The number of benzene rings is 2. The largest absolute Gasteiger partial charge is 0.490 e. The number of carbonyl (C=O) groups is 1. The van der Waals surface area contributed by atoms with Crippen LogP contribution in [-0.4, -0.2) is 63.2 Å². The number of rotatable bonds is 2. The van der Waals surface area contributed by atoms with Gasteiger partial charge in [-0.1, -0.05) is 36.7 Å². The molecule has 0 aromatic heterocycles. The summed E-state index contributed by atoms with van der Waals surface area (Å²) in [5.41, 5.74) is 3.30. The van der Waals surface area contributed by atoms with Crippen LogP contribution in [-0.2, 0) is 26.6 Å². The number of fused-ring (bicyclic) bond motifs is 4. The molecule has 0 radical (unpaired) electrons. The molecule has 2 N–H and O–H groups in total. The summed E-state index contributed by atoms with van der Waals surface area (Å²) in [6.45, 7) is 4.41. The third kappa shape index (κ3) is 6.01. The number of aryl methyl sites for hydroxylation is 1. The van der Waals surface area contributed by atoms with Crippen molar-refractivity contribution >= 4 is 33.2 Å². The Hall–Kier alpha value is -2.59. The van der Waals surface area contributed by atoms with Crippen molar-refractivity contribution in [2.75, 3.05) is 31.2 Å². The lowest BCUT2D eigenvalue weighted by molar-refractivity contribution is -0.0564. The van der Waals surface area contributed by atoms with Gasteiger partial charge >= 0.3 is 0 Å². The van der Waals surface area contributed by atoms with Gasteiger partial charge < -0.3 is 19.5 Å². The van der Waals surface area contributed by atoms with Gasteiger partial charge in [0.05, 0.1) is 29.8 Å². The maximum absolute atomic E-state index is 13.7. The average molecular weight is 655 g/mol. The lowest BCUT2D eigenvalue weighted by Gasteiger charge is -2.45. The van der Waals surface area contributed by atoms with Crippen molar-refractivity contribution in [2.45, 2.75) is 81.2 Å². The average Bonchev–Trinajstić information content (AvgIpc) is 3.10. The molecule has 2 aromatic rings. The summed E-state index contributed by atoms with van der Waals surface area (Å²) >= 11 is 6.41. The van der Waals surface area contributed by atoms with Crippen LogP contribution in [0.3, 0.4) is 0 Å². The molecular formula is C35H43ClN2O6S. The van der Waals surface area contributed by atoms with E-state index < -0.39 is 27.3 Å². The van der Waals surface area contributed by atoms with Crippen molar-refractivity contribution in [3.63, 3.8) is 0 Å². The fourth-order valence-electron chi connectivity index (χ4n) is 8.19. The number of carbonyl (C=O) groups excluding carboxylic acids is 1. The highest BCUT2D eigenvalue weighted by atomic mass is 35.5. The molecule has 4 unspecified atom stereocenters. The summed E-state index contributed by atoms with van der Waals surface area (Å²) in [4.78, 5) is 16.0. The van der Waals surface area contributed by atoms with Gasteiger partial charge in [0, 0.05) is 35.7 Å². The minimum atomic E-state index is -4.02. The number of amides is 1. The topological polar surface area (TPSA) is 105 Å². The van der Waals surface area contributed by atoms with Crippen LogP contribution in [0.1, 0.15) is 73.4 Å². The molecule has 8 nitrogen and oxygen atoms in total. The van der Waals surface area contributed by atoms with Gasteiger partial charge in [-0.05, 0) is 111 Å². The van der Waals surface area contributed by atoms with Gasteiger partial charge in [-0.2, -0.15) is 0 Å². The zero-order valence-electron chi connectivity index (χ0n) is 25.8. The molecule has 7 rings (SSSR count). The Morgan fingerprint density at radius 2 is 2.00 bits per heavy atom. The third-order valence-electron chi connectivity index (χ3n) is 11.1. The molecule has 242 valence electrons. The molecule has 2 aromatic carbocycles. The molecular weight excluding hydrogens is 612 g/mol. The zero-order valence-corrected chi connectivity index (χ0v) is 27.4. The van der Waals surface area contributed by atoms with Gasteiger partial charge in [0.15, 0.2) is 0 Å². The minimum Gasteiger partial charge on any atom is -0.490 e. The first-order valence-electron chi connectivity index (χ1n) is 16.4. The first kappa shape index (κ1) is 31.0. The molecule has 3 aliphatic heterocycles. The van der Waals surface area contributed by atoms with E-state index in [1.54, 1.807) is 18.2 Å². The Bertz CT molecular complexity index is 1590. The molecule has 2 fully saturated rings. The molecule has 7 atom stereocenters. The van der Waals surface area contributed by atoms with E-state index >= 15 is 0 Å². The van der Waals surface area contributed by atoms with Crippen molar-refractivity contribution in [1.29, 1.82) is 0 Å². The summed E-state index contributed by atoms with van der Waals surface area (Å²) in [5.74, 6) is 0.153. The van der Waals surface area contributed by atoms with E-state index in [4.69, 9.17) is 21.1 Å². The molecule has 1 saturated carbocycles. The predicted octanol–water partition coefficient (Wildman–Crippen LogP) is 5.40. The number of anilines is 1. The fourth-order valence-corrected chi connectivity index (χ4v) is 10.1. The summed E-state index contributed by atoms with van der Waals surface area (Å²) < 4.78 is 42.1. The summed E-state index contributed by atoms with van der Waals surface area (Å²) in [7, 11) is -4.02. The Labute approximate surface area is 271 Å². The van der Waals surface area contributed by atoms with E-state index in [0.29, 0.717) is 44.9 Å². The quantitative estimate of drug-likeness (QED) is 0.418. The first-order valence-corrected chi connectivity index (χ1v) is 18.4. The molecule has 45 heavy (non-hydrogen) atoms. The highest BCUT2D eigenvalue weighted by Crippen LogP contribution is 2.47. The number of nitrogens with zero attached hydrogens (tertiary/aromatic N) is 1. The van der Waals surface area contributed by atoms with Gasteiger partial charge in [-0.3, -0.25) is 4.79 Å². The minimum absolute atomic E-state index is 0.111. The van der Waals surface area contributed by atoms with Crippen LogP contribution in [0.4, 0.5) is 5.69 Å². The molecule has 5 aliphatic rings. The van der Waals surface area contributed by atoms with E-state index in [1.807, 2.05) is 25.1 Å². The normalized spacial score (nSPS) is 34.3. The monoisotopic (exact) mass is 654 g/mol. The molecule has 2 aliphatic carbocycles. The van der Waals surface area contributed by atoms with Crippen LogP contribution in [0.25, 0.3) is 0 Å². The number of halogens is 1. The lowest BCUT2D eigenvalue weighted by Crippen LogP contribution is -2.49. The zero-order chi connectivity index (χ0) is 31.3. The fraction of sp³-hybridized carbons (Fsp3) is 0.571. The van der Waals surface area contributed by atoms with E-state index in [1.165, 1.54) is 11.1 Å². The van der Waals surface area contributed by atoms with Crippen LogP contribution in [0.5, 0.6) is 5.75 Å². The Morgan fingerprint density at radius 3 is 2.76 bits per heavy atom. The standard InChI is InChI=1S/C35H43ClN2O6S/c1-22-4-2-6-31(39)28-10-7-25(28)19-38-20-35(14-3-5-23-16-26(36)9-11-29(23)35)21-44-32-12-8-24(17-30(32)38)34(40)37-45(41,42)33(22)18-27-13-15-43-27/h2,6,8-9,11-12,16-17,22,25,27-28,31,33,39H,3-5,7,10,13-15,18-21H2,1H3,(H,37,40)/t22?,25-,27-,28?,31?,33-,35?/m0/s1. The lowest BCUT2D eigenvalue weighted by atomic mass is 9.68. The Morgan fingerprint density at radius 1 is 1.16 bits per heavy atom. The van der Waals surface area contributed by atoms with Crippen LogP contribution in [0, 0.1) is 17.8 Å². The van der Waals surface area contributed by atoms with Crippen LogP contribution < -0.4 is 14.4 Å². The maximum atomic E-state index is 13.7. The van der Waals surface area contributed by atoms with Crippen molar-refractivity contribution in [3.05, 3.63) is 70.3 Å². The first-order chi connectivity index (χ1) is 21.6. The second-order valence-corrected chi connectivity index (χ2v) is 16.3. The number of hydrogen-bond acceptors (Lipinski definition) is 7. The SMILES string of the molecule is CC1CC=CC(O)C2CC[C@H]2CN2CC3(CCCc4cc(Cl)ccc43)COc3ccc(cc32)C(=O)NS(=O)(=O)[C@H]1C[C@@H]1CCO1.